The molecule has 1 aromatic heterocycles. The summed E-state index contributed by atoms with van der Waals surface area (Å²) < 4.78 is 5.54. The molecule has 0 atom stereocenters. The summed E-state index contributed by atoms with van der Waals surface area (Å²) in [5, 5.41) is 8.92. The van der Waals surface area contributed by atoms with Gasteiger partial charge < -0.3 is 15.6 Å². The van der Waals surface area contributed by atoms with Crippen LogP contribution in [0.4, 0.5) is 5.69 Å². The van der Waals surface area contributed by atoms with Crippen LogP contribution in [0, 0.1) is 6.92 Å². The first kappa shape index (κ1) is 11.4. The highest BCUT2D eigenvalue weighted by atomic mass is 16.5. The molecule has 0 spiro atoms. The van der Waals surface area contributed by atoms with E-state index in [1.165, 1.54) is 0 Å². The van der Waals surface area contributed by atoms with Gasteiger partial charge in [-0.3, -0.25) is 0 Å². The van der Waals surface area contributed by atoms with Gasteiger partial charge in [0.25, 0.3) is 0 Å². The molecule has 0 saturated carbocycles. The van der Waals surface area contributed by atoms with Crippen molar-refractivity contribution in [2.45, 2.75) is 13.5 Å². The van der Waals surface area contributed by atoms with E-state index >= 15 is 0 Å². The highest BCUT2D eigenvalue weighted by Gasteiger charge is 2.01. The van der Waals surface area contributed by atoms with Crippen molar-refractivity contribution >= 4 is 5.69 Å². The predicted molar refractivity (Wildman–Crippen MR) is 65.8 cm³/mol. The maximum absolute atomic E-state index is 8.92. The van der Waals surface area contributed by atoms with E-state index in [9.17, 15) is 0 Å². The summed E-state index contributed by atoms with van der Waals surface area (Å²) in [4.78, 5) is 4.13. The number of anilines is 1. The minimum atomic E-state index is 0.0238. The van der Waals surface area contributed by atoms with Crippen molar-refractivity contribution in [3.63, 3.8) is 0 Å². The minimum Gasteiger partial charge on any atom is -0.439 e. The lowest BCUT2D eigenvalue weighted by Crippen LogP contribution is -1.94. The topological polar surface area (TPSA) is 68.4 Å². The molecule has 1 heterocycles. The summed E-state index contributed by atoms with van der Waals surface area (Å²) in [5.41, 5.74) is 8.19. The van der Waals surface area contributed by atoms with E-state index in [1.54, 1.807) is 36.5 Å². The molecule has 2 aromatic rings. The van der Waals surface area contributed by atoms with Crippen molar-refractivity contribution in [1.82, 2.24) is 4.98 Å². The molecule has 0 bridgehead atoms. The van der Waals surface area contributed by atoms with Gasteiger partial charge in [-0.15, -0.1) is 0 Å². The largest absolute Gasteiger partial charge is 0.439 e. The lowest BCUT2D eigenvalue weighted by Gasteiger charge is -2.07. The lowest BCUT2D eigenvalue weighted by atomic mass is 10.2. The Bertz CT molecular complexity index is 509. The smallest absolute Gasteiger partial charge is 0.221 e. The van der Waals surface area contributed by atoms with Crippen LogP contribution >= 0.6 is 0 Å². The number of hydrogen-bond donors (Lipinski definition) is 2. The summed E-state index contributed by atoms with van der Waals surface area (Å²) >= 11 is 0. The first-order valence-electron chi connectivity index (χ1n) is 5.29. The van der Waals surface area contributed by atoms with Crippen molar-refractivity contribution in [3.8, 4) is 11.6 Å². The third-order valence-corrected chi connectivity index (χ3v) is 2.45. The summed E-state index contributed by atoms with van der Waals surface area (Å²) in [6.07, 6.45) is 1.67. The standard InChI is InChI=1S/C13H14N2O2/c1-9-7-15-13(6-12(9)14)17-11-4-2-10(8-16)3-5-11/h2-7,16H,8H2,1H3,(H2,14,15). The lowest BCUT2D eigenvalue weighted by molar-refractivity contribution is 0.281. The van der Waals surface area contributed by atoms with E-state index in [0.717, 1.165) is 11.1 Å². The number of aromatic nitrogens is 1. The normalized spacial score (nSPS) is 10.2. The molecule has 4 heteroatoms. The monoisotopic (exact) mass is 230 g/mol. The Morgan fingerprint density at radius 1 is 1.29 bits per heavy atom. The maximum Gasteiger partial charge on any atom is 0.221 e. The van der Waals surface area contributed by atoms with Gasteiger partial charge in [-0.1, -0.05) is 12.1 Å². The average Bonchev–Trinajstić information content (AvgIpc) is 2.35. The Labute approximate surface area is 99.7 Å². The molecule has 3 N–H and O–H groups in total. The molecule has 0 aliphatic carbocycles. The molecule has 2 rings (SSSR count). The van der Waals surface area contributed by atoms with Gasteiger partial charge in [-0.25, -0.2) is 4.98 Å². The summed E-state index contributed by atoms with van der Waals surface area (Å²) in [6.45, 7) is 1.91. The van der Waals surface area contributed by atoms with Crippen molar-refractivity contribution in [2.75, 3.05) is 5.73 Å². The molecular weight excluding hydrogens is 216 g/mol. The van der Waals surface area contributed by atoms with E-state index in [4.69, 9.17) is 15.6 Å². The van der Waals surface area contributed by atoms with E-state index in [2.05, 4.69) is 4.98 Å². The van der Waals surface area contributed by atoms with Gasteiger partial charge in [0.2, 0.25) is 5.88 Å². The van der Waals surface area contributed by atoms with Crippen LogP contribution < -0.4 is 10.5 Å². The molecule has 0 amide bonds. The minimum absolute atomic E-state index is 0.0238. The van der Waals surface area contributed by atoms with Crippen LogP contribution in [0.2, 0.25) is 0 Å². The number of aliphatic hydroxyl groups is 1. The molecule has 0 unspecified atom stereocenters. The van der Waals surface area contributed by atoms with Gasteiger partial charge in [0, 0.05) is 18.0 Å². The van der Waals surface area contributed by atoms with E-state index in [1.807, 2.05) is 6.92 Å². The van der Waals surface area contributed by atoms with Gasteiger partial charge >= 0.3 is 0 Å². The Balaban J connectivity index is 2.16. The predicted octanol–water partition coefficient (Wildman–Crippen LogP) is 2.26. The zero-order valence-electron chi connectivity index (χ0n) is 9.55. The van der Waals surface area contributed by atoms with Crippen LogP contribution in [0.25, 0.3) is 0 Å². The second-order valence-electron chi connectivity index (χ2n) is 3.78. The third kappa shape index (κ3) is 2.73. The fourth-order valence-electron chi connectivity index (χ4n) is 1.36. The molecular formula is C13H14N2O2. The number of pyridine rings is 1. The van der Waals surface area contributed by atoms with Gasteiger partial charge in [0.15, 0.2) is 0 Å². The second-order valence-corrected chi connectivity index (χ2v) is 3.78. The number of rotatable bonds is 3. The van der Waals surface area contributed by atoms with Gasteiger partial charge in [0.05, 0.1) is 6.61 Å². The molecule has 0 aliphatic heterocycles. The molecule has 0 aliphatic rings. The van der Waals surface area contributed by atoms with Crippen molar-refractivity contribution < 1.29 is 9.84 Å². The van der Waals surface area contributed by atoms with Crippen molar-refractivity contribution in [3.05, 3.63) is 47.7 Å². The Morgan fingerprint density at radius 2 is 2.00 bits per heavy atom. The third-order valence-electron chi connectivity index (χ3n) is 2.45. The van der Waals surface area contributed by atoms with Crippen LogP contribution in [-0.4, -0.2) is 10.1 Å². The summed E-state index contributed by atoms with van der Waals surface area (Å²) in [5.74, 6) is 1.13. The number of nitrogens with two attached hydrogens (primary N) is 1. The van der Waals surface area contributed by atoms with Gasteiger partial charge in [-0.05, 0) is 30.2 Å². The zero-order valence-corrected chi connectivity index (χ0v) is 9.55. The molecule has 0 saturated heterocycles. The molecule has 0 fully saturated rings. The van der Waals surface area contributed by atoms with Crippen LogP contribution in [0.15, 0.2) is 36.5 Å². The first-order chi connectivity index (χ1) is 8.19. The highest BCUT2D eigenvalue weighted by molar-refractivity contribution is 5.47. The molecule has 1 aromatic carbocycles. The number of nitrogens with zero attached hydrogens (tertiary/aromatic N) is 1. The van der Waals surface area contributed by atoms with Crippen LogP contribution in [0.1, 0.15) is 11.1 Å². The number of ether oxygens (including phenoxy) is 1. The second kappa shape index (κ2) is 4.84. The number of nitrogen functional groups attached to an aromatic ring is 1. The first-order valence-corrected chi connectivity index (χ1v) is 5.29. The number of benzene rings is 1. The molecule has 17 heavy (non-hydrogen) atoms. The Kier molecular flexibility index (Phi) is 3.25. The fraction of sp³-hybridized carbons (Fsp3) is 0.154. The highest BCUT2D eigenvalue weighted by Crippen LogP contribution is 2.22. The van der Waals surface area contributed by atoms with E-state index in [-0.39, 0.29) is 6.61 Å². The van der Waals surface area contributed by atoms with E-state index < -0.39 is 0 Å². The van der Waals surface area contributed by atoms with Crippen LogP contribution in [-0.2, 0) is 6.61 Å². The molecule has 0 radical (unpaired) electrons. The fourth-order valence-corrected chi connectivity index (χ4v) is 1.36. The number of hydrogen-bond acceptors (Lipinski definition) is 4. The van der Waals surface area contributed by atoms with Crippen LogP contribution in [0.3, 0.4) is 0 Å². The number of aryl methyl sites for hydroxylation is 1. The SMILES string of the molecule is Cc1cnc(Oc2ccc(CO)cc2)cc1N. The Hall–Kier alpha value is -2.07. The average molecular weight is 230 g/mol. The van der Waals surface area contributed by atoms with E-state index in [0.29, 0.717) is 17.3 Å². The van der Waals surface area contributed by atoms with Crippen molar-refractivity contribution in [1.29, 1.82) is 0 Å². The zero-order chi connectivity index (χ0) is 12.3. The van der Waals surface area contributed by atoms with Crippen LogP contribution in [0.5, 0.6) is 11.6 Å². The summed E-state index contributed by atoms with van der Waals surface area (Å²) in [7, 11) is 0. The summed E-state index contributed by atoms with van der Waals surface area (Å²) in [6, 6.07) is 8.85. The van der Waals surface area contributed by atoms with Gasteiger partial charge in [0.1, 0.15) is 5.75 Å². The van der Waals surface area contributed by atoms with Crippen molar-refractivity contribution in [2.24, 2.45) is 0 Å². The molecule has 88 valence electrons. The molecule has 4 nitrogen and oxygen atoms in total. The van der Waals surface area contributed by atoms with Gasteiger partial charge in [-0.2, -0.15) is 0 Å². The quantitative estimate of drug-likeness (QED) is 0.848. The number of aliphatic hydroxyl groups excluding tert-OH is 1. The maximum atomic E-state index is 8.92. The Morgan fingerprint density at radius 3 is 2.59 bits per heavy atom.